The van der Waals surface area contributed by atoms with Crippen LogP contribution in [0.2, 0.25) is 5.15 Å². The van der Waals surface area contributed by atoms with Gasteiger partial charge in [0.05, 0.1) is 5.69 Å². The maximum atomic E-state index is 11.1. The van der Waals surface area contributed by atoms with Crippen molar-refractivity contribution in [2.75, 3.05) is 5.73 Å². The van der Waals surface area contributed by atoms with Crippen LogP contribution >= 0.6 is 11.6 Å². The van der Waals surface area contributed by atoms with E-state index in [2.05, 4.69) is 10.1 Å². The van der Waals surface area contributed by atoms with Crippen LogP contribution in [-0.4, -0.2) is 25.8 Å². The summed E-state index contributed by atoms with van der Waals surface area (Å²) < 4.78 is 1.29. The highest BCUT2D eigenvalue weighted by Gasteiger charge is 2.21. The fraction of sp³-hybridized carbons (Fsp3) is 0.182. The highest BCUT2D eigenvalue weighted by Crippen LogP contribution is 2.21. The van der Waals surface area contributed by atoms with E-state index in [0.717, 1.165) is 0 Å². The van der Waals surface area contributed by atoms with Gasteiger partial charge >= 0.3 is 5.97 Å². The number of carboxylic acids is 1. The molecule has 0 aromatic carbocycles. The minimum Gasteiger partial charge on any atom is -0.477 e. The summed E-state index contributed by atoms with van der Waals surface area (Å²) in [5.41, 5.74) is 6.23. The molecular weight excluding hydrogens is 256 g/mol. The molecule has 0 saturated heterocycles. The summed E-state index contributed by atoms with van der Waals surface area (Å²) in [6.45, 7) is 1.81. The number of hydrogen-bond acceptors (Lipinski definition) is 4. The molecule has 0 aliphatic carbocycles. The van der Waals surface area contributed by atoms with Crippen LogP contribution in [0.3, 0.4) is 0 Å². The standard InChI is InChI=1S/C11H11ClN4O2/c1-2-6-9(11(17)18)10(13)16(15-6)8-5-3-4-7(12)14-8/h3-5H,2,13H2,1H3,(H,17,18). The van der Waals surface area contributed by atoms with Crippen molar-refractivity contribution < 1.29 is 9.90 Å². The summed E-state index contributed by atoms with van der Waals surface area (Å²) >= 11 is 5.78. The molecule has 0 aliphatic rings. The molecule has 3 N–H and O–H groups in total. The second-order valence-electron chi connectivity index (χ2n) is 3.60. The van der Waals surface area contributed by atoms with E-state index in [1.54, 1.807) is 18.2 Å². The van der Waals surface area contributed by atoms with Crippen molar-refractivity contribution in [3.63, 3.8) is 0 Å². The van der Waals surface area contributed by atoms with Gasteiger partial charge in [-0.05, 0) is 18.6 Å². The topological polar surface area (TPSA) is 94.0 Å². The smallest absolute Gasteiger partial charge is 0.341 e. The van der Waals surface area contributed by atoms with Crippen LogP contribution in [-0.2, 0) is 6.42 Å². The van der Waals surface area contributed by atoms with Gasteiger partial charge in [-0.1, -0.05) is 24.6 Å². The monoisotopic (exact) mass is 266 g/mol. The molecule has 6 nitrogen and oxygen atoms in total. The Kier molecular flexibility index (Phi) is 3.20. The molecule has 0 aliphatic heterocycles. The summed E-state index contributed by atoms with van der Waals surface area (Å²) in [4.78, 5) is 15.2. The summed E-state index contributed by atoms with van der Waals surface area (Å²) in [7, 11) is 0. The first-order chi connectivity index (χ1) is 8.54. The van der Waals surface area contributed by atoms with E-state index in [0.29, 0.717) is 17.9 Å². The number of hydrogen-bond donors (Lipinski definition) is 2. The van der Waals surface area contributed by atoms with Crippen LogP contribution in [0.1, 0.15) is 23.0 Å². The molecule has 2 heterocycles. The van der Waals surface area contributed by atoms with Gasteiger partial charge < -0.3 is 10.8 Å². The number of halogens is 1. The Hall–Kier alpha value is -2.08. The average Bonchev–Trinajstić information content (AvgIpc) is 2.66. The lowest BCUT2D eigenvalue weighted by atomic mass is 10.2. The Morgan fingerprint density at radius 2 is 2.28 bits per heavy atom. The largest absolute Gasteiger partial charge is 0.477 e. The van der Waals surface area contributed by atoms with Crippen molar-refractivity contribution in [1.29, 1.82) is 0 Å². The molecule has 0 spiro atoms. The van der Waals surface area contributed by atoms with Gasteiger partial charge in [-0.15, -0.1) is 0 Å². The molecule has 0 atom stereocenters. The second kappa shape index (κ2) is 4.66. The van der Waals surface area contributed by atoms with Gasteiger partial charge in [0.25, 0.3) is 0 Å². The van der Waals surface area contributed by atoms with Crippen LogP contribution < -0.4 is 5.73 Å². The maximum absolute atomic E-state index is 11.1. The van der Waals surface area contributed by atoms with Crippen LogP contribution in [0.15, 0.2) is 18.2 Å². The molecule has 0 saturated carbocycles. The first-order valence-electron chi connectivity index (χ1n) is 5.28. The third-order valence-corrected chi connectivity index (χ3v) is 2.67. The summed E-state index contributed by atoms with van der Waals surface area (Å²) in [6.07, 6.45) is 0.472. The van der Waals surface area contributed by atoms with Crippen molar-refractivity contribution in [2.45, 2.75) is 13.3 Å². The molecular formula is C11H11ClN4O2. The number of aromatic nitrogens is 3. The van der Waals surface area contributed by atoms with Gasteiger partial charge in [0.1, 0.15) is 16.5 Å². The van der Waals surface area contributed by atoms with Crippen LogP contribution in [0.4, 0.5) is 5.82 Å². The number of nitrogens with two attached hydrogens (primary N) is 1. The number of nitrogens with zero attached hydrogens (tertiary/aromatic N) is 3. The van der Waals surface area contributed by atoms with Crippen LogP contribution in [0.5, 0.6) is 0 Å². The minimum atomic E-state index is -1.10. The lowest BCUT2D eigenvalue weighted by Gasteiger charge is -2.02. The van der Waals surface area contributed by atoms with Gasteiger partial charge in [0.2, 0.25) is 0 Å². The summed E-state index contributed by atoms with van der Waals surface area (Å²) in [5, 5.41) is 13.6. The Bertz CT molecular complexity index is 609. The van der Waals surface area contributed by atoms with Crippen LogP contribution in [0.25, 0.3) is 5.82 Å². The Morgan fingerprint density at radius 3 is 2.78 bits per heavy atom. The molecule has 7 heteroatoms. The molecule has 0 radical (unpaired) electrons. The molecule has 0 fully saturated rings. The van der Waals surface area contributed by atoms with Gasteiger partial charge in [0, 0.05) is 0 Å². The number of aromatic carboxylic acids is 1. The van der Waals surface area contributed by atoms with E-state index in [9.17, 15) is 4.79 Å². The molecule has 2 aromatic heterocycles. The lowest BCUT2D eigenvalue weighted by molar-refractivity contribution is 0.0697. The zero-order valence-electron chi connectivity index (χ0n) is 9.59. The first kappa shape index (κ1) is 12.4. The zero-order chi connectivity index (χ0) is 13.3. The average molecular weight is 267 g/mol. The predicted octanol–water partition coefficient (Wildman–Crippen LogP) is 1.76. The quantitative estimate of drug-likeness (QED) is 0.826. The van der Waals surface area contributed by atoms with E-state index in [-0.39, 0.29) is 16.5 Å². The van der Waals surface area contributed by atoms with E-state index >= 15 is 0 Å². The highest BCUT2D eigenvalue weighted by molar-refractivity contribution is 6.29. The van der Waals surface area contributed by atoms with Gasteiger partial charge in [-0.2, -0.15) is 9.78 Å². The Labute approximate surface area is 108 Å². The van der Waals surface area contributed by atoms with E-state index < -0.39 is 5.97 Å². The fourth-order valence-corrected chi connectivity index (χ4v) is 1.81. The molecule has 0 amide bonds. The van der Waals surface area contributed by atoms with Crippen LogP contribution in [0, 0.1) is 0 Å². The second-order valence-corrected chi connectivity index (χ2v) is 3.98. The Balaban J connectivity index is 2.63. The third kappa shape index (κ3) is 2.02. The van der Waals surface area contributed by atoms with Gasteiger partial charge in [0.15, 0.2) is 5.82 Å². The molecule has 0 unspecified atom stereocenters. The molecule has 2 aromatic rings. The molecule has 0 bridgehead atoms. The normalized spacial score (nSPS) is 10.6. The van der Waals surface area contributed by atoms with Crippen molar-refractivity contribution in [2.24, 2.45) is 0 Å². The van der Waals surface area contributed by atoms with Gasteiger partial charge in [-0.3, -0.25) is 0 Å². The molecule has 94 valence electrons. The third-order valence-electron chi connectivity index (χ3n) is 2.46. The fourth-order valence-electron chi connectivity index (χ4n) is 1.65. The summed E-state index contributed by atoms with van der Waals surface area (Å²) in [5.74, 6) is -0.658. The number of nitrogen functional groups attached to an aromatic ring is 1. The van der Waals surface area contributed by atoms with E-state index in [1.807, 2.05) is 6.92 Å². The van der Waals surface area contributed by atoms with Crippen molar-refractivity contribution >= 4 is 23.4 Å². The zero-order valence-corrected chi connectivity index (χ0v) is 10.3. The maximum Gasteiger partial charge on any atom is 0.341 e. The highest BCUT2D eigenvalue weighted by atomic mass is 35.5. The number of pyridine rings is 1. The Morgan fingerprint density at radius 1 is 1.56 bits per heavy atom. The predicted molar refractivity (Wildman–Crippen MR) is 67.1 cm³/mol. The molecule has 2 rings (SSSR count). The number of carbonyl (C=O) groups is 1. The molecule has 18 heavy (non-hydrogen) atoms. The number of aryl methyl sites for hydroxylation is 1. The van der Waals surface area contributed by atoms with Crippen molar-refractivity contribution in [3.05, 3.63) is 34.6 Å². The number of carboxylic acid groups (broad SMARTS) is 1. The lowest BCUT2D eigenvalue weighted by Crippen LogP contribution is -2.07. The van der Waals surface area contributed by atoms with E-state index in [1.165, 1.54) is 4.68 Å². The SMILES string of the molecule is CCc1nn(-c2cccc(Cl)n2)c(N)c1C(=O)O. The van der Waals surface area contributed by atoms with E-state index in [4.69, 9.17) is 22.4 Å². The number of rotatable bonds is 3. The first-order valence-corrected chi connectivity index (χ1v) is 5.66. The number of anilines is 1. The summed E-state index contributed by atoms with van der Waals surface area (Å²) in [6, 6.07) is 4.96. The van der Waals surface area contributed by atoms with Crippen molar-refractivity contribution in [3.8, 4) is 5.82 Å². The van der Waals surface area contributed by atoms with Crippen molar-refractivity contribution in [1.82, 2.24) is 14.8 Å². The van der Waals surface area contributed by atoms with Gasteiger partial charge in [-0.25, -0.2) is 9.78 Å². The minimum absolute atomic E-state index is 0.0132.